The summed E-state index contributed by atoms with van der Waals surface area (Å²) >= 11 is 0. The van der Waals surface area contributed by atoms with Crippen molar-refractivity contribution in [2.24, 2.45) is 7.05 Å². The molecule has 5 nitrogen and oxygen atoms in total. The highest BCUT2D eigenvalue weighted by Crippen LogP contribution is 2.33. The van der Waals surface area contributed by atoms with Gasteiger partial charge in [-0.05, 0) is 35.6 Å². The van der Waals surface area contributed by atoms with Gasteiger partial charge < -0.3 is 9.30 Å². The second-order valence-electron chi connectivity index (χ2n) is 7.19. The minimum absolute atomic E-state index is 0.142. The Kier molecular flexibility index (Phi) is 4.99. The smallest absolute Gasteiger partial charge is 0.259 e. The molecular weight excluding hydrogens is 350 g/mol. The first kappa shape index (κ1) is 18.4. The third kappa shape index (κ3) is 3.11. The molecule has 4 rings (SSSR count). The fourth-order valence-corrected chi connectivity index (χ4v) is 4.00. The lowest BCUT2D eigenvalue weighted by Crippen LogP contribution is -2.38. The van der Waals surface area contributed by atoms with Crippen molar-refractivity contribution in [3.05, 3.63) is 70.1 Å². The summed E-state index contributed by atoms with van der Waals surface area (Å²) in [5.41, 5.74) is 3.15. The maximum atomic E-state index is 12.9. The molecule has 1 saturated heterocycles. The first-order chi connectivity index (χ1) is 13.6. The molecule has 0 radical (unpaired) electrons. The summed E-state index contributed by atoms with van der Waals surface area (Å²) in [5, 5.41) is 11.3. The summed E-state index contributed by atoms with van der Waals surface area (Å²) in [5.74, 6) is 0. The van der Waals surface area contributed by atoms with Crippen molar-refractivity contribution in [3.8, 4) is 17.2 Å². The monoisotopic (exact) mass is 373 g/mol. The van der Waals surface area contributed by atoms with Crippen LogP contribution in [-0.2, 0) is 11.8 Å². The molecule has 1 fully saturated rings. The molecule has 1 aliphatic heterocycles. The summed E-state index contributed by atoms with van der Waals surface area (Å²) in [6.07, 6.45) is 0. The van der Waals surface area contributed by atoms with Gasteiger partial charge in [0.25, 0.3) is 5.56 Å². The SMILES string of the molecule is CC(c1ccc2c(=O)n(C)c(C#N)c(-c3ccccc3)c2c1)N1CCOCC1. The molecule has 1 atom stereocenters. The van der Waals surface area contributed by atoms with Crippen LogP contribution in [0.3, 0.4) is 0 Å². The average molecular weight is 373 g/mol. The van der Waals surface area contributed by atoms with Crippen LogP contribution in [0, 0.1) is 11.3 Å². The topological polar surface area (TPSA) is 58.3 Å². The molecule has 0 N–H and O–H groups in total. The van der Waals surface area contributed by atoms with Crippen LogP contribution in [0.15, 0.2) is 53.3 Å². The van der Waals surface area contributed by atoms with Gasteiger partial charge in [0.1, 0.15) is 11.8 Å². The molecule has 0 spiro atoms. The van der Waals surface area contributed by atoms with Gasteiger partial charge in [0.2, 0.25) is 0 Å². The van der Waals surface area contributed by atoms with E-state index in [0.717, 1.165) is 48.4 Å². The highest BCUT2D eigenvalue weighted by Gasteiger charge is 2.21. The van der Waals surface area contributed by atoms with Crippen LogP contribution >= 0.6 is 0 Å². The summed E-state index contributed by atoms with van der Waals surface area (Å²) in [6, 6.07) is 18.3. The largest absolute Gasteiger partial charge is 0.379 e. The van der Waals surface area contributed by atoms with Crippen LogP contribution in [0.25, 0.3) is 21.9 Å². The number of morpholine rings is 1. The van der Waals surface area contributed by atoms with Crippen LogP contribution in [-0.4, -0.2) is 35.8 Å². The normalized spacial score (nSPS) is 16.0. The Morgan fingerprint density at radius 3 is 2.46 bits per heavy atom. The van der Waals surface area contributed by atoms with Crippen LogP contribution in [0.4, 0.5) is 0 Å². The molecule has 5 heteroatoms. The van der Waals surface area contributed by atoms with Crippen LogP contribution in [0.2, 0.25) is 0 Å². The maximum Gasteiger partial charge on any atom is 0.259 e. The second kappa shape index (κ2) is 7.59. The van der Waals surface area contributed by atoms with Crippen molar-refractivity contribution in [1.29, 1.82) is 5.26 Å². The summed E-state index contributed by atoms with van der Waals surface area (Å²) in [4.78, 5) is 15.2. The highest BCUT2D eigenvalue weighted by atomic mass is 16.5. The van der Waals surface area contributed by atoms with Crippen molar-refractivity contribution in [2.75, 3.05) is 26.3 Å². The zero-order valence-corrected chi connectivity index (χ0v) is 16.2. The zero-order valence-electron chi connectivity index (χ0n) is 16.2. The average Bonchev–Trinajstić information content (AvgIpc) is 2.76. The third-order valence-corrected chi connectivity index (χ3v) is 5.66. The van der Waals surface area contributed by atoms with E-state index in [4.69, 9.17) is 4.74 Å². The van der Waals surface area contributed by atoms with Crippen molar-refractivity contribution in [1.82, 2.24) is 9.47 Å². The van der Waals surface area contributed by atoms with Crippen LogP contribution in [0.5, 0.6) is 0 Å². The number of benzene rings is 2. The number of aromatic nitrogens is 1. The molecule has 3 aromatic rings. The van der Waals surface area contributed by atoms with E-state index in [1.165, 1.54) is 4.57 Å². The molecule has 0 aliphatic carbocycles. The minimum atomic E-state index is -0.142. The first-order valence-electron chi connectivity index (χ1n) is 9.55. The Hall–Kier alpha value is -2.94. The molecule has 1 unspecified atom stereocenters. The summed E-state index contributed by atoms with van der Waals surface area (Å²) in [7, 11) is 1.66. The molecule has 2 heterocycles. The lowest BCUT2D eigenvalue weighted by atomic mass is 9.94. The molecule has 0 bridgehead atoms. The van der Waals surface area contributed by atoms with E-state index in [2.05, 4.69) is 24.0 Å². The Morgan fingerprint density at radius 2 is 1.79 bits per heavy atom. The van der Waals surface area contributed by atoms with Gasteiger partial charge >= 0.3 is 0 Å². The van der Waals surface area contributed by atoms with E-state index in [-0.39, 0.29) is 11.6 Å². The van der Waals surface area contributed by atoms with E-state index < -0.39 is 0 Å². The van der Waals surface area contributed by atoms with Crippen LogP contribution < -0.4 is 5.56 Å². The molecule has 2 aromatic carbocycles. The van der Waals surface area contributed by atoms with Gasteiger partial charge in [-0.1, -0.05) is 36.4 Å². The fraction of sp³-hybridized carbons (Fsp3) is 0.304. The number of hydrogen-bond acceptors (Lipinski definition) is 4. The van der Waals surface area contributed by atoms with Gasteiger partial charge in [-0.2, -0.15) is 5.26 Å². The van der Waals surface area contributed by atoms with Crippen molar-refractivity contribution < 1.29 is 4.74 Å². The zero-order chi connectivity index (χ0) is 19.7. The third-order valence-electron chi connectivity index (χ3n) is 5.66. The lowest BCUT2D eigenvalue weighted by molar-refractivity contribution is 0.0199. The van der Waals surface area contributed by atoms with E-state index in [9.17, 15) is 10.1 Å². The number of hydrogen-bond donors (Lipinski definition) is 0. The molecule has 28 heavy (non-hydrogen) atoms. The Morgan fingerprint density at radius 1 is 1.07 bits per heavy atom. The second-order valence-corrected chi connectivity index (χ2v) is 7.19. The van der Waals surface area contributed by atoms with E-state index >= 15 is 0 Å². The van der Waals surface area contributed by atoms with Gasteiger partial charge in [0.05, 0.1) is 13.2 Å². The predicted octanol–water partition coefficient (Wildman–Crippen LogP) is 3.47. The lowest BCUT2D eigenvalue weighted by Gasteiger charge is -2.32. The van der Waals surface area contributed by atoms with Crippen LogP contribution in [0.1, 0.15) is 24.2 Å². The Balaban J connectivity index is 1.96. The van der Waals surface area contributed by atoms with Gasteiger partial charge in [-0.3, -0.25) is 9.69 Å². The van der Waals surface area contributed by atoms with Crippen molar-refractivity contribution >= 4 is 10.8 Å². The molecule has 1 aromatic heterocycles. The van der Waals surface area contributed by atoms with E-state index in [1.807, 2.05) is 42.5 Å². The standard InChI is InChI=1S/C23H23N3O2/c1-16(26-10-12-28-13-11-26)18-8-9-19-20(14-18)22(17-6-4-3-5-7-17)21(15-24)25(2)23(19)27/h3-9,14,16H,10-13H2,1-2H3. The van der Waals surface area contributed by atoms with Crippen molar-refractivity contribution in [2.45, 2.75) is 13.0 Å². The van der Waals surface area contributed by atoms with E-state index in [1.54, 1.807) is 7.05 Å². The number of ether oxygens (including phenoxy) is 1. The number of nitriles is 1. The quantitative estimate of drug-likeness (QED) is 0.705. The van der Waals surface area contributed by atoms with Gasteiger partial charge in [-0.25, -0.2) is 0 Å². The van der Waals surface area contributed by atoms with Gasteiger partial charge in [0, 0.05) is 37.1 Å². The number of nitrogens with zero attached hydrogens (tertiary/aromatic N) is 3. The predicted molar refractivity (Wildman–Crippen MR) is 110 cm³/mol. The molecule has 0 saturated carbocycles. The van der Waals surface area contributed by atoms with Gasteiger partial charge in [-0.15, -0.1) is 0 Å². The van der Waals surface area contributed by atoms with E-state index in [0.29, 0.717) is 11.1 Å². The molecule has 0 amide bonds. The Bertz CT molecular complexity index is 1110. The Labute approximate surface area is 164 Å². The fourth-order valence-electron chi connectivity index (χ4n) is 4.00. The summed E-state index contributed by atoms with van der Waals surface area (Å²) < 4.78 is 6.92. The first-order valence-corrected chi connectivity index (χ1v) is 9.55. The maximum absolute atomic E-state index is 12.9. The number of fused-ring (bicyclic) bond motifs is 1. The highest BCUT2D eigenvalue weighted by molar-refractivity contribution is 5.98. The van der Waals surface area contributed by atoms with Gasteiger partial charge in [0.15, 0.2) is 0 Å². The minimum Gasteiger partial charge on any atom is -0.379 e. The van der Waals surface area contributed by atoms with Crippen molar-refractivity contribution in [3.63, 3.8) is 0 Å². The summed E-state index contributed by atoms with van der Waals surface area (Å²) in [6.45, 7) is 5.45. The molecule has 1 aliphatic rings. The molecule has 142 valence electrons. The molecular formula is C23H23N3O2. The number of pyridine rings is 1. The number of rotatable bonds is 3.